The van der Waals surface area contributed by atoms with Crippen LogP contribution < -0.4 is 0 Å². The highest BCUT2D eigenvalue weighted by molar-refractivity contribution is 6.05. The van der Waals surface area contributed by atoms with Crippen LogP contribution in [-0.4, -0.2) is 36.9 Å². The van der Waals surface area contributed by atoms with Gasteiger partial charge in [0.1, 0.15) is 6.61 Å². The molecule has 0 saturated heterocycles. The number of methoxy groups -OCH3 is 1. The molecule has 0 bridgehead atoms. The highest BCUT2D eigenvalue weighted by Crippen LogP contribution is 2.16. The Morgan fingerprint density at radius 1 is 0.774 bits per heavy atom. The zero-order valence-corrected chi connectivity index (χ0v) is 17.4. The topological polar surface area (TPSA) is 72.9 Å². The zero-order valence-electron chi connectivity index (χ0n) is 17.4. The van der Waals surface area contributed by atoms with Gasteiger partial charge in [-0.05, 0) is 35.4 Å². The minimum absolute atomic E-state index is 0.0357. The molecule has 0 aliphatic heterocycles. The molecule has 1 amide bonds. The van der Waals surface area contributed by atoms with E-state index in [1.54, 1.807) is 60.5 Å². The molecule has 158 valence electrons. The number of benzene rings is 3. The first-order chi connectivity index (χ1) is 15.0. The van der Waals surface area contributed by atoms with E-state index in [1.807, 2.05) is 30.3 Å². The summed E-state index contributed by atoms with van der Waals surface area (Å²) in [6, 6.07) is 22.8. The number of ether oxygens (including phenoxy) is 2. The number of hydrogen-bond donors (Lipinski definition) is 0. The Balaban J connectivity index is 1.71. The standard InChI is InChI=1S/C25H23NO5/c1-26(16-18-9-4-3-5-10-18)23(27)21-13-6-7-14-22(21)25(29)31-17-19-11-8-12-20(15-19)24(28)30-2/h3-15H,16-17H2,1-2H3. The molecule has 31 heavy (non-hydrogen) atoms. The predicted octanol–water partition coefficient (Wildman–Crippen LogP) is 4.10. The summed E-state index contributed by atoms with van der Waals surface area (Å²) < 4.78 is 10.1. The third-order valence-electron chi connectivity index (χ3n) is 4.70. The Morgan fingerprint density at radius 2 is 1.42 bits per heavy atom. The van der Waals surface area contributed by atoms with Gasteiger partial charge in [-0.3, -0.25) is 4.79 Å². The molecule has 3 rings (SSSR count). The number of amides is 1. The van der Waals surface area contributed by atoms with Crippen LogP contribution >= 0.6 is 0 Å². The fourth-order valence-corrected chi connectivity index (χ4v) is 3.11. The first kappa shape index (κ1) is 21.8. The summed E-state index contributed by atoms with van der Waals surface area (Å²) in [5.74, 6) is -1.35. The molecule has 0 aliphatic rings. The molecule has 0 unspecified atom stereocenters. The highest BCUT2D eigenvalue weighted by Gasteiger charge is 2.21. The molecule has 0 fully saturated rings. The van der Waals surface area contributed by atoms with E-state index in [1.165, 1.54) is 7.11 Å². The van der Waals surface area contributed by atoms with Crippen molar-refractivity contribution < 1.29 is 23.9 Å². The minimum Gasteiger partial charge on any atom is -0.465 e. The molecule has 0 aliphatic carbocycles. The zero-order chi connectivity index (χ0) is 22.2. The lowest BCUT2D eigenvalue weighted by Crippen LogP contribution is -2.28. The lowest BCUT2D eigenvalue weighted by Gasteiger charge is -2.19. The predicted molar refractivity (Wildman–Crippen MR) is 116 cm³/mol. The summed E-state index contributed by atoms with van der Waals surface area (Å²) in [5, 5.41) is 0. The van der Waals surface area contributed by atoms with Crippen molar-refractivity contribution in [2.75, 3.05) is 14.2 Å². The number of esters is 2. The minimum atomic E-state index is -0.611. The van der Waals surface area contributed by atoms with E-state index >= 15 is 0 Å². The maximum atomic E-state index is 13.0. The molecule has 0 atom stereocenters. The second-order valence-electron chi connectivity index (χ2n) is 6.96. The van der Waals surface area contributed by atoms with Gasteiger partial charge in [-0.15, -0.1) is 0 Å². The van der Waals surface area contributed by atoms with E-state index in [9.17, 15) is 14.4 Å². The molecule has 0 heterocycles. The van der Waals surface area contributed by atoms with Crippen molar-refractivity contribution in [2.24, 2.45) is 0 Å². The summed E-state index contributed by atoms with van der Waals surface area (Å²) in [5.41, 5.74) is 2.46. The van der Waals surface area contributed by atoms with Crippen LogP contribution in [0.2, 0.25) is 0 Å². The van der Waals surface area contributed by atoms with Gasteiger partial charge >= 0.3 is 11.9 Å². The summed E-state index contributed by atoms with van der Waals surface area (Å²) >= 11 is 0. The maximum absolute atomic E-state index is 13.0. The van der Waals surface area contributed by atoms with Gasteiger partial charge in [0.05, 0.1) is 23.8 Å². The highest BCUT2D eigenvalue weighted by atomic mass is 16.5. The Kier molecular flexibility index (Phi) is 7.17. The quantitative estimate of drug-likeness (QED) is 0.541. The van der Waals surface area contributed by atoms with Crippen LogP contribution in [0.15, 0.2) is 78.9 Å². The maximum Gasteiger partial charge on any atom is 0.339 e. The van der Waals surface area contributed by atoms with E-state index in [2.05, 4.69) is 0 Å². The monoisotopic (exact) mass is 417 g/mol. The Hall–Kier alpha value is -3.93. The largest absolute Gasteiger partial charge is 0.465 e. The fraction of sp³-hybridized carbons (Fsp3) is 0.160. The summed E-state index contributed by atoms with van der Waals surface area (Å²) in [7, 11) is 2.99. The third kappa shape index (κ3) is 5.57. The average molecular weight is 417 g/mol. The molecule has 0 radical (unpaired) electrons. The molecular formula is C25H23NO5. The SMILES string of the molecule is COC(=O)c1cccc(COC(=O)c2ccccc2C(=O)N(C)Cc2ccccc2)c1. The molecule has 0 saturated carbocycles. The van der Waals surface area contributed by atoms with Crippen LogP contribution in [-0.2, 0) is 22.6 Å². The number of rotatable bonds is 7. The van der Waals surface area contributed by atoms with Gasteiger partial charge < -0.3 is 14.4 Å². The fourth-order valence-electron chi connectivity index (χ4n) is 3.11. The lowest BCUT2D eigenvalue weighted by molar-refractivity contribution is 0.0467. The van der Waals surface area contributed by atoms with E-state index in [-0.39, 0.29) is 23.6 Å². The van der Waals surface area contributed by atoms with Crippen molar-refractivity contribution in [1.82, 2.24) is 4.90 Å². The van der Waals surface area contributed by atoms with Crippen molar-refractivity contribution in [3.63, 3.8) is 0 Å². The molecule has 0 aromatic heterocycles. The average Bonchev–Trinajstić information content (AvgIpc) is 2.82. The van der Waals surface area contributed by atoms with Gasteiger partial charge in [-0.25, -0.2) is 9.59 Å². The second kappa shape index (κ2) is 10.2. The van der Waals surface area contributed by atoms with Crippen LogP contribution in [0.4, 0.5) is 0 Å². The first-order valence-corrected chi connectivity index (χ1v) is 9.72. The molecule has 6 nitrogen and oxygen atoms in total. The molecule has 6 heteroatoms. The van der Waals surface area contributed by atoms with Crippen LogP contribution in [0.1, 0.15) is 42.2 Å². The van der Waals surface area contributed by atoms with Crippen LogP contribution in [0.3, 0.4) is 0 Å². The van der Waals surface area contributed by atoms with Crippen molar-refractivity contribution in [3.8, 4) is 0 Å². The van der Waals surface area contributed by atoms with Crippen LogP contribution in [0.5, 0.6) is 0 Å². The lowest BCUT2D eigenvalue weighted by atomic mass is 10.1. The smallest absolute Gasteiger partial charge is 0.339 e. The normalized spacial score (nSPS) is 10.3. The van der Waals surface area contributed by atoms with Gasteiger partial charge in [0.2, 0.25) is 0 Å². The number of nitrogens with zero attached hydrogens (tertiary/aromatic N) is 1. The molecule has 0 spiro atoms. The molecule has 3 aromatic carbocycles. The van der Waals surface area contributed by atoms with Gasteiger partial charge in [-0.1, -0.05) is 54.6 Å². The Labute approximate surface area is 181 Å². The molecule has 3 aromatic rings. The van der Waals surface area contributed by atoms with Gasteiger partial charge in [0.15, 0.2) is 0 Å². The summed E-state index contributed by atoms with van der Waals surface area (Å²) in [4.78, 5) is 38.9. The van der Waals surface area contributed by atoms with Gasteiger partial charge in [0.25, 0.3) is 5.91 Å². The van der Waals surface area contributed by atoms with E-state index in [4.69, 9.17) is 9.47 Å². The molecular weight excluding hydrogens is 394 g/mol. The van der Waals surface area contributed by atoms with Crippen molar-refractivity contribution in [2.45, 2.75) is 13.2 Å². The first-order valence-electron chi connectivity index (χ1n) is 9.72. The van der Waals surface area contributed by atoms with E-state index in [0.717, 1.165) is 5.56 Å². The van der Waals surface area contributed by atoms with E-state index < -0.39 is 11.9 Å². The van der Waals surface area contributed by atoms with Crippen LogP contribution in [0.25, 0.3) is 0 Å². The van der Waals surface area contributed by atoms with Crippen molar-refractivity contribution in [1.29, 1.82) is 0 Å². The summed E-state index contributed by atoms with van der Waals surface area (Å²) in [6.45, 7) is 0.384. The van der Waals surface area contributed by atoms with Crippen molar-refractivity contribution >= 4 is 17.8 Å². The Morgan fingerprint density at radius 3 is 2.13 bits per heavy atom. The number of hydrogen-bond acceptors (Lipinski definition) is 5. The van der Waals surface area contributed by atoms with Gasteiger partial charge in [0, 0.05) is 13.6 Å². The van der Waals surface area contributed by atoms with Crippen LogP contribution in [0, 0.1) is 0 Å². The van der Waals surface area contributed by atoms with E-state index in [0.29, 0.717) is 17.7 Å². The molecule has 0 N–H and O–H groups in total. The number of carbonyl (C=O) groups excluding carboxylic acids is 3. The number of carbonyl (C=O) groups is 3. The van der Waals surface area contributed by atoms with Crippen molar-refractivity contribution in [3.05, 3.63) is 107 Å². The van der Waals surface area contributed by atoms with Gasteiger partial charge in [-0.2, -0.15) is 0 Å². The second-order valence-corrected chi connectivity index (χ2v) is 6.96. The summed E-state index contributed by atoms with van der Waals surface area (Å²) in [6.07, 6.45) is 0. The third-order valence-corrected chi connectivity index (χ3v) is 4.70. The Bertz CT molecular complexity index is 1080.